The molecule has 0 radical (unpaired) electrons. The van der Waals surface area contributed by atoms with Crippen molar-refractivity contribution in [3.8, 4) is 0 Å². The zero-order valence-corrected chi connectivity index (χ0v) is 11.7. The second kappa shape index (κ2) is 4.99. The third-order valence-corrected chi connectivity index (χ3v) is 3.92. The number of para-hydroxylation sites is 1. The second-order valence-electron chi connectivity index (χ2n) is 5.46. The molecular formula is C16H21NO2. The van der Waals surface area contributed by atoms with Gasteiger partial charge in [-0.3, -0.25) is 0 Å². The molecule has 3 rings (SSSR count). The predicted octanol–water partition coefficient (Wildman–Crippen LogP) is 3.49. The molecule has 0 N–H and O–H groups in total. The molecule has 1 aromatic heterocycles. The Morgan fingerprint density at radius 3 is 2.74 bits per heavy atom. The van der Waals surface area contributed by atoms with E-state index in [-0.39, 0.29) is 5.79 Å². The van der Waals surface area contributed by atoms with Crippen LogP contribution in [0.25, 0.3) is 10.9 Å². The van der Waals surface area contributed by atoms with Crippen LogP contribution in [0.3, 0.4) is 0 Å². The molecule has 1 saturated heterocycles. The molecule has 1 aliphatic heterocycles. The van der Waals surface area contributed by atoms with Crippen molar-refractivity contribution >= 4 is 10.9 Å². The Balaban J connectivity index is 1.68. The molecule has 2 aromatic rings. The van der Waals surface area contributed by atoms with E-state index < -0.39 is 0 Å². The van der Waals surface area contributed by atoms with E-state index in [9.17, 15) is 0 Å². The van der Waals surface area contributed by atoms with Gasteiger partial charge in [-0.05, 0) is 31.9 Å². The summed E-state index contributed by atoms with van der Waals surface area (Å²) in [6, 6.07) is 8.57. The molecule has 0 aliphatic carbocycles. The van der Waals surface area contributed by atoms with E-state index in [4.69, 9.17) is 9.47 Å². The van der Waals surface area contributed by atoms with Crippen molar-refractivity contribution in [3.63, 3.8) is 0 Å². The molecule has 1 aromatic carbocycles. The summed E-state index contributed by atoms with van der Waals surface area (Å²) in [5, 5.41) is 1.35. The first-order valence-electron chi connectivity index (χ1n) is 7.00. The normalized spacial score (nSPS) is 18.2. The van der Waals surface area contributed by atoms with Crippen LogP contribution in [0.4, 0.5) is 0 Å². The average molecular weight is 259 g/mol. The van der Waals surface area contributed by atoms with Crippen molar-refractivity contribution in [1.29, 1.82) is 0 Å². The number of ether oxygens (including phenoxy) is 2. The van der Waals surface area contributed by atoms with Crippen LogP contribution in [-0.4, -0.2) is 23.6 Å². The molecule has 0 saturated carbocycles. The Morgan fingerprint density at radius 2 is 1.95 bits per heavy atom. The molecule has 0 atom stereocenters. The molecule has 2 heterocycles. The van der Waals surface area contributed by atoms with E-state index >= 15 is 0 Å². The molecule has 1 fully saturated rings. The highest BCUT2D eigenvalue weighted by molar-refractivity contribution is 5.83. The number of hydrogen-bond donors (Lipinski definition) is 0. The minimum atomic E-state index is -0.363. The van der Waals surface area contributed by atoms with Crippen LogP contribution in [0.1, 0.15) is 25.3 Å². The van der Waals surface area contributed by atoms with Gasteiger partial charge in [-0.25, -0.2) is 0 Å². The Bertz CT molecular complexity index is 567. The monoisotopic (exact) mass is 259 g/mol. The molecule has 0 amide bonds. The fourth-order valence-corrected chi connectivity index (χ4v) is 2.89. The summed E-state index contributed by atoms with van der Waals surface area (Å²) in [6.45, 7) is 6.67. The summed E-state index contributed by atoms with van der Waals surface area (Å²) in [5.74, 6) is -0.363. The average Bonchev–Trinajstić information content (AvgIpc) is 2.96. The van der Waals surface area contributed by atoms with Crippen molar-refractivity contribution in [2.24, 2.45) is 0 Å². The first kappa shape index (κ1) is 12.7. The molecule has 3 heteroatoms. The lowest BCUT2D eigenvalue weighted by atomic mass is 10.1. The van der Waals surface area contributed by atoms with Gasteiger partial charge in [0.1, 0.15) is 0 Å². The van der Waals surface area contributed by atoms with Gasteiger partial charge in [0.05, 0.1) is 13.2 Å². The highest BCUT2D eigenvalue weighted by Crippen LogP contribution is 2.26. The van der Waals surface area contributed by atoms with Gasteiger partial charge in [0.25, 0.3) is 0 Å². The molecule has 0 unspecified atom stereocenters. The highest BCUT2D eigenvalue weighted by atomic mass is 16.7. The van der Waals surface area contributed by atoms with Crippen LogP contribution in [0, 0.1) is 6.92 Å². The third kappa shape index (κ3) is 2.53. The van der Waals surface area contributed by atoms with E-state index in [0.29, 0.717) is 0 Å². The van der Waals surface area contributed by atoms with E-state index in [0.717, 1.165) is 32.6 Å². The van der Waals surface area contributed by atoms with Gasteiger partial charge < -0.3 is 14.0 Å². The van der Waals surface area contributed by atoms with Crippen LogP contribution in [0.15, 0.2) is 30.5 Å². The molecule has 102 valence electrons. The van der Waals surface area contributed by atoms with Gasteiger partial charge in [-0.2, -0.15) is 0 Å². The molecule has 0 bridgehead atoms. The fraction of sp³-hybridized carbons (Fsp3) is 0.500. The SMILES string of the molecule is Cc1cn(CCCC2(C)OCCO2)c2ccccc12. The van der Waals surface area contributed by atoms with Crippen LogP contribution < -0.4 is 0 Å². The van der Waals surface area contributed by atoms with Crippen molar-refractivity contribution in [1.82, 2.24) is 4.57 Å². The first-order chi connectivity index (χ1) is 9.18. The lowest BCUT2D eigenvalue weighted by molar-refractivity contribution is -0.147. The zero-order chi connectivity index (χ0) is 13.3. The van der Waals surface area contributed by atoms with Crippen LogP contribution in [0.2, 0.25) is 0 Å². The summed E-state index contributed by atoms with van der Waals surface area (Å²) in [4.78, 5) is 0. The summed E-state index contributed by atoms with van der Waals surface area (Å²) in [6.07, 6.45) is 4.25. The Hall–Kier alpha value is -1.32. The van der Waals surface area contributed by atoms with Gasteiger partial charge in [-0.15, -0.1) is 0 Å². The standard InChI is InChI=1S/C16H21NO2/c1-13-12-17(15-7-4-3-6-14(13)15)9-5-8-16(2)18-10-11-19-16/h3-4,6-7,12H,5,8-11H2,1-2H3. The molecular weight excluding hydrogens is 238 g/mol. The van der Waals surface area contributed by atoms with Gasteiger partial charge in [-0.1, -0.05) is 18.2 Å². The maximum atomic E-state index is 5.64. The maximum Gasteiger partial charge on any atom is 0.165 e. The molecule has 3 nitrogen and oxygen atoms in total. The predicted molar refractivity (Wildman–Crippen MR) is 76.2 cm³/mol. The fourth-order valence-electron chi connectivity index (χ4n) is 2.89. The molecule has 0 spiro atoms. The lowest BCUT2D eigenvalue weighted by Gasteiger charge is -2.22. The number of rotatable bonds is 4. The van der Waals surface area contributed by atoms with Crippen molar-refractivity contribution in [2.75, 3.05) is 13.2 Å². The number of hydrogen-bond acceptors (Lipinski definition) is 2. The molecule has 1 aliphatic rings. The second-order valence-corrected chi connectivity index (χ2v) is 5.46. The Morgan fingerprint density at radius 1 is 1.21 bits per heavy atom. The number of aryl methyl sites for hydroxylation is 2. The number of benzene rings is 1. The van der Waals surface area contributed by atoms with E-state index in [1.807, 2.05) is 6.92 Å². The van der Waals surface area contributed by atoms with E-state index in [2.05, 4.69) is 42.0 Å². The quantitative estimate of drug-likeness (QED) is 0.839. The van der Waals surface area contributed by atoms with Gasteiger partial charge in [0, 0.05) is 30.1 Å². The third-order valence-electron chi connectivity index (χ3n) is 3.92. The summed E-state index contributed by atoms with van der Waals surface area (Å²) >= 11 is 0. The van der Waals surface area contributed by atoms with Crippen molar-refractivity contribution < 1.29 is 9.47 Å². The smallest absolute Gasteiger partial charge is 0.165 e. The highest BCUT2D eigenvalue weighted by Gasteiger charge is 2.30. The molecule has 19 heavy (non-hydrogen) atoms. The van der Waals surface area contributed by atoms with Gasteiger partial charge in [0.15, 0.2) is 5.79 Å². The Kier molecular flexibility index (Phi) is 3.33. The van der Waals surface area contributed by atoms with Gasteiger partial charge in [0.2, 0.25) is 0 Å². The number of nitrogens with zero attached hydrogens (tertiary/aromatic N) is 1. The van der Waals surface area contributed by atoms with Crippen LogP contribution in [0.5, 0.6) is 0 Å². The van der Waals surface area contributed by atoms with Gasteiger partial charge >= 0.3 is 0 Å². The minimum absolute atomic E-state index is 0.363. The maximum absolute atomic E-state index is 5.64. The van der Waals surface area contributed by atoms with Crippen LogP contribution in [-0.2, 0) is 16.0 Å². The zero-order valence-electron chi connectivity index (χ0n) is 11.7. The summed E-state index contributed by atoms with van der Waals surface area (Å²) < 4.78 is 13.6. The minimum Gasteiger partial charge on any atom is -0.348 e. The van der Waals surface area contributed by atoms with Crippen molar-refractivity contribution in [2.45, 2.75) is 39.0 Å². The Labute approximate surface area is 114 Å². The van der Waals surface area contributed by atoms with Crippen LogP contribution >= 0.6 is 0 Å². The number of fused-ring (bicyclic) bond motifs is 1. The topological polar surface area (TPSA) is 23.4 Å². The van der Waals surface area contributed by atoms with E-state index in [1.165, 1.54) is 16.5 Å². The largest absolute Gasteiger partial charge is 0.348 e. The summed E-state index contributed by atoms with van der Waals surface area (Å²) in [7, 11) is 0. The lowest BCUT2D eigenvalue weighted by Crippen LogP contribution is -2.25. The summed E-state index contributed by atoms with van der Waals surface area (Å²) in [5.41, 5.74) is 2.66. The number of aromatic nitrogens is 1. The first-order valence-corrected chi connectivity index (χ1v) is 7.00. The van der Waals surface area contributed by atoms with Crippen molar-refractivity contribution in [3.05, 3.63) is 36.0 Å². The van der Waals surface area contributed by atoms with E-state index in [1.54, 1.807) is 0 Å².